The summed E-state index contributed by atoms with van der Waals surface area (Å²) in [5.74, 6) is -0.917. The van der Waals surface area contributed by atoms with Crippen LogP contribution in [0.5, 0.6) is 0 Å². The molecule has 0 aromatic carbocycles. The lowest BCUT2D eigenvalue weighted by molar-refractivity contribution is -0.157. The standard InChI is InChI=1S/C29H46O8/c1-7-23(32)20(4)28-25(37-28)16-18(2)10-8-9-11-24-19(3)12-13-26(35-21(5)30)29(6,34)15-14-22(31)17-27(33)36-24/h8-13,18-20,22-26,28,31-32,34H,7,14-17H2,1-6H3/b10-8+,11-9+,13-12-. The van der Waals surface area contributed by atoms with Crippen LogP contribution < -0.4 is 0 Å². The van der Waals surface area contributed by atoms with Gasteiger partial charge < -0.3 is 29.5 Å². The number of esters is 2. The molecule has 0 radical (unpaired) electrons. The first kappa shape index (κ1) is 31.2. The Morgan fingerprint density at radius 2 is 2.00 bits per heavy atom. The van der Waals surface area contributed by atoms with E-state index in [1.54, 1.807) is 25.2 Å². The minimum Gasteiger partial charge on any atom is -0.457 e. The Hall–Kier alpha value is -2.00. The van der Waals surface area contributed by atoms with E-state index in [-0.39, 0.29) is 55.3 Å². The van der Waals surface area contributed by atoms with E-state index in [1.807, 2.05) is 32.9 Å². The molecule has 2 aliphatic heterocycles. The summed E-state index contributed by atoms with van der Waals surface area (Å²) in [5, 5.41) is 31.2. The molecule has 0 aromatic rings. The third-order valence-electron chi connectivity index (χ3n) is 7.29. The highest BCUT2D eigenvalue weighted by atomic mass is 16.6. The molecule has 0 saturated carbocycles. The van der Waals surface area contributed by atoms with Gasteiger partial charge in [0.25, 0.3) is 0 Å². The smallest absolute Gasteiger partial charge is 0.309 e. The van der Waals surface area contributed by atoms with Gasteiger partial charge in [0.15, 0.2) is 0 Å². The maximum Gasteiger partial charge on any atom is 0.309 e. The first-order chi connectivity index (χ1) is 17.3. The summed E-state index contributed by atoms with van der Waals surface area (Å²) in [6, 6.07) is 0. The number of ether oxygens (including phenoxy) is 3. The Morgan fingerprint density at radius 3 is 2.65 bits per heavy atom. The zero-order chi connectivity index (χ0) is 27.8. The van der Waals surface area contributed by atoms with E-state index >= 15 is 0 Å². The van der Waals surface area contributed by atoms with Gasteiger partial charge >= 0.3 is 11.9 Å². The molecule has 0 aromatic heterocycles. The summed E-state index contributed by atoms with van der Waals surface area (Å²) < 4.78 is 16.8. The van der Waals surface area contributed by atoms with Crippen LogP contribution in [0, 0.1) is 17.8 Å². The molecule has 2 aliphatic rings. The molecule has 0 bridgehead atoms. The van der Waals surface area contributed by atoms with Gasteiger partial charge in [-0.25, -0.2) is 0 Å². The molecule has 0 aliphatic carbocycles. The van der Waals surface area contributed by atoms with Crippen LogP contribution in [0.3, 0.4) is 0 Å². The number of hydrogen-bond donors (Lipinski definition) is 3. The zero-order valence-electron chi connectivity index (χ0n) is 23.1. The molecule has 2 rings (SSSR count). The molecule has 10 atom stereocenters. The Labute approximate surface area is 221 Å². The van der Waals surface area contributed by atoms with Crippen molar-refractivity contribution in [3.63, 3.8) is 0 Å². The molecule has 1 saturated heterocycles. The van der Waals surface area contributed by atoms with Crippen LogP contribution in [0.4, 0.5) is 0 Å². The second kappa shape index (κ2) is 14.2. The fourth-order valence-electron chi connectivity index (χ4n) is 4.63. The van der Waals surface area contributed by atoms with Crippen molar-refractivity contribution < 1.29 is 39.1 Å². The van der Waals surface area contributed by atoms with Crippen LogP contribution in [-0.4, -0.2) is 69.5 Å². The second-order valence-electron chi connectivity index (χ2n) is 10.9. The summed E-state index contributed by atoms with van der Waals surface area (Å²) in [5.41, 5.74) is -1.40. The molecule has 2 heterocycles. The van der Waals surface area contributed by atoms with Crippen LogP contribution in [-0.2, 0) is 23.8 Å². The van der Waals surface area contributed by atoms with Crippen molar-refractivity contribution >= 4 is 11.9 Å². The molecular formula is C29H46O8. The molecule has 10 unspecified atom stereocenters. The number of carbonyl (C=O) groups is 2. The van der Waals surface area contributed by atoms with Crippen molar-refractivity contribution in [3.05, 3.63) is 36.5 Å². The lowest BCUT2D eigenvalue weighted by atomic mass is 9.89. The van der Waals surface area contributed by atoms with Crippen LogP contribution in [0.25, 0.3) is 0 Å². The lowest BCUT2D eigenvalue weighted by Gasteiger charge is -2.32. The highest BCUT2D eigenvalue weighted by Gasteiger charge is 2.44. The highest BCUT2D eigenvalue weighted by molar-refractivity contribution is 5.70. The van der Waals surface area contributed by atoms with Crippen molar-refractivity contribution in [2.24, 2.45) is 17.8 Å². The number of hydrogen-bond acceptors (Lipinski definition) is 8. The van der Waals surface area contributed by atoms with Crippen LogP contribution in [0.1, 0.15) is 73.6 Å². The maximum atomic E-state index is 12.4. The van der Waals surface area contributed by atoms with E-state index in [4.69, 9.17) is 14.2 Å². The van der Waals surface area contributed by atoms with E-state index in [2.05, 4.69) is 13.0 Å². The predicted molar refractivity (Wildman–Crippen MR) is 140 cm³/mol. The maximum absolute atomic E-state index is 12.4. The van der Waals surface area contributed by atoms with Crippen LogP contribution in [0.2, 0.25) is 0 Å². The molecular weight excluding hydrogens is 476 g/mol. The molecule has 210 valence electrons. The average molecular weight is 523 g/mol. The Bertz CT molecular complexity index is 832. The molecule has 1 fully saturated rings. The topological polar surface area (TPSA) is 126 Å². The first-order valence-corrected chi connectivity index (χ1v) is 13.5. The fourth-order valence-corrected chi connectivity index (χ4v) is 4.63. The van der Waals surface area contributed by atoms with Gasteiger partial charge in [0, 0.05) is 18.8 Å². The van der Waals surface area contributed by atoms with E-state index < -0.39 is 35.9 Å². The molecule has 0 spiro atoms. The normalized spacial score (nSPS) is 36.7. The minimum absolute atomic E-state index is 0.108. The molecule has 3 N–H and O–H groups in total. The van der Waals surface area contributed by atoms with E-state index in [9.17, 15) is 24.9 Å². The Balaban J connectivity index is 2.05. The zero-order valence-corrected chi connectivity index (χ0v) is 23.1. The summed E-state index contributed by atoms with van der Waals surface area (Å²) in [6.07, 6.45) is 10.1. The van der Waals surface area contributed by atoms with Gasteiger partial charge in [0.2, 0.25) is 0 Å². The minimum atomic E-state index is -1.40. The van der Waals surface area contributed by atoms with Gasteiger partial charge in [-0.05, 0) is 50.7 Å². The highest BCUT2D eigenvalue weighted by Crippen LogP contribution is 2.36. The van der Waals surface area contributed by atoms with E-state index in [0.717, 1.165) is 12.8 Å². The van der Waals surface area contributed by atoms with E-state index in [1.165, 1.54) is 6.92 Å². The number of epoxide rings is 1. The largest absolute Gasteiger partial charge is 0.457 e. The summed E-state index contributed by atoms with van der Waals surface area (Å²) >= 11 is 0. The van der Waals surface area contributed by atoms with Gasteiger partial charge in [-0.15, -0.1) is 0 Å². The SMILES string of the molecule is CCC(O)C(C)C1OC1CC(C)/C=C/C=C/C1OC(=O)CC(O)CCC(C)(O)C(OC(C)=O)/C=C\C1C. The number of aliphatic hydroxyl groups is 3. The van der Waals surface area contributed by atoms with E-state index in [0.29, 0.717) is 0 Å². The number of allylic oxidation sites excluding steroid dienone is 3. The van der Waals surface area contributed by atoms with Crippen molar-refractivity contribution in [1.82, 2.24) is 0 Å². The van der Waals surface area contributed by atoms with Crippen molar-refractivity contribution in [1.29, 1.82) is 0 Å². The molecule has 0 amide bonds. The summed E-state index contributed by atoms with van der Waals surface area (Å²) in [6.45, 7) is 10.8. The molecule has 37 heavy (non-hydrogen) atoms. The van der Waals surface area contributed by atoms with Crippen molar-refractivity contribution in [3.8, 4) is 0 Å². The van der Waals surface area contributed by atoms with Gasteiger partial charge in [0.1, 0.15) is 17.8 Å². The average Bonchev–Trinajstić information content (AvgIpc) is 3.59. The quantitative estimate of drug-likeness (QED) is 0.181. The monoisotopic (exact) mass is 522 g/mol. The van der Waals surface area contributed by atoms with Crippen LogP contribution >= 0.6 is 0 Å². The van der Waals surface area contributed by atoms with Gasteiger partial charge in [-0.3, -0.25) is 9.59 Å². The van der Waals surface area contributed by atoms with Gasteiger partial charge in [0.05, 0.1) is 30.8 Å². The van der Waals surface area contributed by atoms with Crippen LogP contribution in [0.15, 0.2) is 36.5 Å². The van der Waals surface area contributed by atoms with Crippen molar-refractivity contribution in [2.75, 3.05) is 0 Å². The Kier molecular flexibility index (Phi) is 12.0. The Morgan fingerprint density at radius 1 is 1.30 bits per heavy atom. The summed E-state index contributed by atoms with van der Waals surface area (Å²) in [7, 11) is 0. The number of carbonyl (C=O) groups excluding carboxylic acids is 2. The molecule has 8 heteroatoms. The van der Waals surface area contributed by atoms with Crippen molar-refractivity contribution in [2.45, 2.75) is 116 Å². The van der Waals surface area contributed by atoms with Gasteiger partial charge in [-0.1, -0.05) is 52.0 Å². The lowest BCUT2D eigenvalue weighted by Crippen LogP contribution is -2.42. The number of rotatable bonds is 9. The number of aliphatic hydroxyl groups excluding tert-OH is 2. The number of cyclic esters (lactones) is 1. The second-order valence-corrected chi connectivity index (χ2v) is 10.9. The van der Waals surface area contributed by atoms with Gasteiger partial charge in [-0.2, -0.15) is 0 Å². The third-order valence-corrected chi connectivity index (χ3v) is 7.29. The fraction of sp³-hybridized carbons (Fsp3) is 0.724. The third kappa shape index (κ3) is 10.3. The predicted octanol–water partition coefficient (Wildman–Crippen LogP) is 3.63. The summed E-state index contributed by atoms with van der Waals surface area (Å²) in [4.78, 5) is 24.0. The molecule has 8 nitrogen and oxygen atoms in total. The first-order valence-electron chi connectivity index (χ1n) is 13.5.